The van der Waals surface area contributed by atoms with Crippen molar-refractivity contribution in [1.29, 1.82) is 0 Å². The molecule has 0 unspecified atom stereocenters. The Labute approximate surface area is 149 Å². The zero-order valence-electron chi connectivity index (χ0n) is 10.1. The van der Waals surface area contributed by atoms with E-state index in [0.29, 0.717) is 0 Å². The molecule has 0 rings (SSSR count). The molecule has 16 heteroatoms. The molecule has 0 aromatic heterocycles. The van der Waals surface area contributed by atoms with Gasteiger partial charge in [0.05, 0.1) is 0 Å². The first kappa shape index (κ1) is 42.7. The summed E-state index contributed by atoms with van der Waals surface area (Å²) in [6, 6.07) is 0. The second kappa shape index (κ2) is 24.2. The van der Waals surface area contributed by atoms with Gasteiger partial charge in [-0.3, -0.25) is 0 Å². The first-order valence-electron chi connectivity index (χ1n) is 3.32. The molecule has 0 saturated carbocycles. The summed E-state index contributed by atoms with van der Waals surface area (Å²) in [6.07, 6.45) is 0. The summed E-state index contributed by atoms with van der Waals surface area (Å²) in [5.41, 5.74) is 0. The number of carboxylic acids is 6. The van der Waals surface area contributed by atoms with E-state index in [9.17, 15) is 0 Å². The van der Waals surface area contributed by atoms with Gasteiger partial charge in [-0.15, -0.1) is 0 Å². The van der Waals surface area contributed by atoms with Crippen molar-refractivity contribution in [3.63, 3.8) is 0 Å². The van der Waals surface area contributed by atoms with Gasteiger partial charge in [0.1, 0.15) is 0 Å². The minimum atomic E-state index is -1.82. The molecule has 0 radical (unpaired) electrons. The fraction of sp³-hybridized carbons (Fsp3) is 0. The molecule has 0 aromatic carbocycles. The van der Waals surface area contributed by atoms with Crippen LogP contribution in [0, 0.1) is 0 Å². The summed E-state index contributed by atoms with van der Waals surface area (Å²) < 4.78 is 0. The fourth-order valence-electron chi connectivity index (χ4n) is 0. The molecule has 0 saturated heterocycles. The van der Waals surface area contributed by atoms with Crippen LogP contribution in [0.3, 0.4) is 0 Å². The average Bonchev–Trinajstić information content (AvgIpc) is 2.18. The molecule has 14 nitrogen and oxygen atoms in total. The molecule has 126 valence electrons. The molecule has 0 heterocycles. The molecule has 0 aromatic rings. The van der Waals surface area contributed by atoms with Gasteiger partial charge in [0.25, 0.3) is 0 Å². The maximum Gasteiger partial charge on any atom is 0.414 e. The van der Waals surface area contributed by atoms with Gasteiger partial charge in [-0.05, 0) is 0 Å². The van der Waals surface area contributed by atoms with Crippen LogP contribution in [0.1, 0.15) is 0 Å². The summed E-state index contributed by atoms with van der Waals surface area (Å²) >= 11 is 0. The van der Waals surface area contributed by atoms with Gasteiger partial charge in [-0.25, -0.2) is 28.8 Å². The smallest absolute Gasteiger partial charge is 0.414 e. The van der Waals surface area contributed by atoms with Crippen molar-refractivity contribution in [3.8, 4) is 0 Å². The van der Waals surface area contributed by atoms with Crippen LogP contribution in [0.5, 0.6) is 0 Å². The number of hydrogen-bond acceptors (Lipinski definition) is 6. The van der Waals surface area contributed by atoms with Crippen LogP contribution >= 0.6 is 0 Å². The Balaban J connectivity index is -0.0000000281. The molecule has 22 heavy (non-hydrogen) atoms. The second-order valence-corrected chi connectivity index (χ2v) is 1.83. The summed E-state index contributed by atoms with van der Waals surface area (Å²) in [4.78, 5) is 54.6. The maximum atomic E-state index is 9.10. The summed E-state index contributed by atoms with van der Waals surface area (Å²) in [6.45, 7) is 0. The second-order valence-electron chi connectivity index (χ2n) is 1.83. The van der Waals surface area contributed by atoms with E-state index in [0.717, 1.165) is 0 Å². The molecule has 0 spiro atoms. The number of rotatable bonds is 0. The van der Waals surface area contributed by atoms with Crippen molar-refractivity contribution >= 4 is 35.8 Å². The molecule has 0 atom stereocenters. The predicted octanol–water partition coefficient (Wildman–Crippen LogP) is -4.19. The third-order valence-corrected chi connectivity index (χ3v) is 0.549. The third-order valence-electron chi connectivity index (χ3n) is 0.549. The van der Waals surface area contributed by atoms with Crippen molar-refractivity contribution in [2.75, 3.05) is 0 Å². The Bertz CT molecular complexity index is 282. The molecule has 0 aliphatic rings. The van der Waals surface area contributed by atoms with Crippen molar-refractivity contribution in [1.82, 2.24) is 0 Å². The number of carboxylic acid groups (broad SMARTS) is 6. The van der Waals surface area contributed by atoms with Gasteiger partial charge in [-0.2, -0.15) is 0 Å². The van der Waals surface area contributed by atoms with E-state index in [2.05, 4.69) is 0 Å². The molecular formula is C6H10O14Ti2. The van der Waals surface area contributed by atoms with E-state index >= 15 is 0 Å². The minimum Gasteiger partial charge on any atom is -0.473 e. The van der Waals surface area contributed by atoms with Crippen LogP contribution in [0.2, 0.25) is 0 Å². The maximum absolute atomic E-state index is 9.10. The Morgan fingerprint density at radius 2 is 0.409 bits per heavy atom. The normalized spacial score (nSPS) is 6.00. The Hall–Kier alpha value is -1.83. The zero-order chi connectivity index (χ0) is 15.5. The molecule has 0 aliphatic carbocycles. The summed E-state index contributed by atoms with van der Waals surface area (Å²) in [5.74, 6) is -10.9. The van der Waals surface area contributed by atoms with E-state index in [1.54, 1.807) is 0 Å². The van der Waals surface area contributed by atoms with Crippen molar-refractivity contribution < 1.29 is 114 Å². The standard InChI is InChI=1S/3C2H2O4.2H2O.2Ti/c3*3-1(4)2(5)6;;;;/h3*(H,3,4)(H,5,6);2*1H2;;. The first-order valence-corrected chi connectivity index (χ1v) is 3.32. The number of hydrogen-bond donors (Lipinski definition) is 6. The summed E-state index contributed by atoms with van der Waals surface area (Å²) in [5, 5.41) is 44.3. The van der Waals surface area contributed by atoms with E-state index < -0.39 is 35.8 Å². The number of aliphatic carboxylic acids is 6. The quantitative estimate of drug-likeness (QED) is 0.166. The van der Waals surface area contributed by atoms with Gasteiger partial charge in [0.2, 0.25) is 0 Å². The van der Waals surface area contributed by atoms with E-state index in [1.807, 2.05) is 0 Å². The van der Waals surface area contributed by atoms with Gasteiger partial charge in [0.15, 0.2) is 0 Å². The average molecular weight is 402 g/mol. The van der Waals surface area contributed by atoms with Gasteiger partial charge in [0, 0.05) is 43.4 Å². The Kier molecular flexibility index (Phi) is 47.0. The monoisotopic (exact) mass is 402 g/mol. The third kappa shape index (κ3) is 51.8. The van der Waals surface area contributed by atoms with Crippen LogP contribution < -0.4 is 0 Å². The van der Waals surface area contributed by atoms with Crippen molar-refractivity contribution in [3.05, 3.63) is 0 Å². The predicted molar refractivity (Wildman–Crippen MR) is 53.0 cm³/mol. The first-order chi connectivity index (χ1) is 7.93. The van der Waals surface area contributed by atoms with Gasteiger partial charge < -0.3 is 41.6 Å². The molecule has 0 bridgehead atoms. The van der Waals surface area contributed by atoms with Crippen LogP contribution in [-0.4, -0.2) is 77.4 Å². The van der Waals surface area contributed by atoms with Gasteiger partial charge >= 0.3 is 35.8 Å². The molecule has 0 fully saturated rings. The van der Waals surface area contributed by atoms with Crippen LogP contribution in [0.15, 0.2) is 0 Å². The Morgan fingerprint density at radius 1 is 0.364 bits per heavy atom. The zero-order valence-corrected chi connectivity index (χ0v) is 13.3. The molecule has 10 N–H and O–H groups in total. The van der Waals surface area contributed by atoms with Crippen molar-refractivity contribution in [2.45, 2.75) is 0 Å². The van der Waals surface area contributed by atoms with E-state index in [-0.39, 0.29) is 54.4 Å². The largest absolute Gasteiger partial charge is 0.473 e. The minimum absolute atomic E-state index is 0. The Morgan fingerprint density at radius 3 is 0.409 bits per heavy atom. The van der Waals surface area contributed by atoms with Crippen LogP contribution in [-0.2, 0) is 72.2 Å². The van der Waals surface area contributed by atoms with E-state index in [4.69, 9.17) is 59.4 Å². The molecular weight excluding hydrogens is 392 g/mol. The van der Waals surface area contributed by atoms with Gasteiger partial charge in [-0.1, -0.05) is 0 Å². The topological polar surface area (TPSA) is 287 Å². The number of carbonyl (C=O) groups is 6. The SMILES string of the molecule is O.O.O=C(O)C(=O)O.O=C(O)C(=O)O.O=C(O)C(=O)O.[Ti].[Ti]. The molecule has 0 amide bonds. The summed E-state index contributed by atoms with van der Waals surface area (Å²) in [7, 11) is 0. The van der Waals surface area contributed by atoms with Crippen LogP contribution in [0.4, 0.5) is 0 Å². The van der Waals surface area contributed by atoms with E-state index in [1.165, 1.54) is 0 Å². The molecule has 0 aliphatic heterocycles. The fourth-order valence-corrected chi connectivity index (χ4v) is 0. The van der Waals surface area contributed by atoms with Crippen molar-refractivity contribution in [2.24, 2.45) is 0 Å². The van der Waals surface area contributed by atoms with Crippen LogP contribution in [0.25, 0.3) is 0 Å².